The van der Waals surface area contributed by atoms with E-state index in [4.69, 9.17) is 4.74 Å². The number of rotatable bonds is 3. The molecule has 1 unspecified atom stereocenters. The molecule has 2 heterocycles. The van der Waals surface area contributed by atoms with Crippen molar-refractivity contribution in [3.05, 3.63) is 0 Å². The first-order valence-electron chi connectivity index (χ1n) is 6.59. The molecular formula is C12H19N3O4. The summed E-state index contributed by atoms with van der Waals surface area (Å²) in [5, 5.41) is 2.61. The zero-order chi connectivity index (χ0) is 13.7. The molecule has 0 aliphatic carbocycles. The fourth-order valence-electron chi connectivity index (χ4n) is 2.26. The van der Waals surface area contributed by atoms with Crippen molar-refractivity contribution in [1.82, 2.24) is 15.1 Å². The molecule has 1 atom stereocenters. The Bertz CT molecular complexity index is 347. The fourth-order valence-corrected chi connectivity index (χ4v) is 2.26. The van der Waals surface area contributed by atoms with Crippen molar-refractivity contribution in [2.45, 2.75) is 18.9 Å². The molecule has 2 fully saturated rings. The normalized spacial score (nSPS) is 23.3. The van der Waals surface area contributed by atoms with Gasteiger partial charge in [0.25, 0.3) is 0 Å². The van der Waals surface area contributed by atoms with E-state index >= 15 is 0 Å². The van der Waals surface area contributed by atoms with Crippen molar-refractivity contribution in [3.8, 4) is 0 Å². The van der Waals surface area contributed by atoms with Crippen molar-refractivity contribution in [2.75, 3.05) is 39.3 Å². The molecule has 1 N–H and O–H groups in total. The molecule has 0 aromatic rings. The number of carbonyl (C=O) groups excluding carboxylic acids is 3. The number of carbonyl (C=O) groups is 3. The Morgan fingerprint density at radius 1 is 1.26 bits per heavy atom. The van der Waals surface area contributed by atoms with Gasteiger partial charge in [-0.3, -0.25) is 14.4 Å². The van der Waals surface area contributed by atoms with Crippen molar-refractivity contribution in [3.63, 3.8) is 0 Å². The van der Waals surface area contributed by atoms with E-state index in [-0.39, 0.29) is 6.10 Å². The van der Waals surface area contributed by atoms with Gasteiger partial charge in [0.1, 0.15) is 0 Å². The Balaban J connectivity index is 1.72. The van der Waals surface area contributed by atoms with Gasteiger partial charge in [-0.25, -0.2) is 0 Å². The minimum atomic E-state index is -0.588. The summed E-state index contributed by atoms with van der Waals surface area (Å²) in [6.07, 6.45) is 2.72. The second-order valence-electron chi connectivity index (χ2n) is 4.78. The first kappa shape index (κ1) is 13.8. The van der Waals surface area contributed by atoms with E-state index in [0.29, 0.717) is 32.7 Å². The Morgan fingerprint density at radius 3 is 2.58 bits per heavy atom. The summed E-state index contributed by atoms with van der Waals surface area (Å²) in [6, 6.07) is 0. The number of hydrogen-bond donors (Lipinski definition) is 1. The van der Waals surface area contributed by atoms with Crippen LogP contribution in [-0.2, 0) is 19.1 Å². The van der Waals surface area contributed by atoms with Gasteiger partial charge in [0.2, 0.25) is 6.41 Å². The van der Waals surface area contributed by atoms with Crippen LogP contribution in [0, 0.1) is 0 Å². The molecule has 19 heavy (non-hydrogen) atoms. The molecule has 0 saturated carbocycles. The predicted molar refractivity (Wildman–Crippen MR) is 66.2 cm³/mol. The summed E-state index contributed by atoms with van der Waals surface area (Å²) in [6.45, 7) is 2.89. The molecule has 2 aliphatic heterocycles. The first-order valence-corrected chi connectivity index (χ1v) is 6.59. The van der Waals surface area contributed by atoms with Gasteiger partial charge in [-0.2, -0.15) is 0 Å². The molecule has 0 aromatic carbocycles. The van der Waals surface area contributed by atoms with E-state index in [9.17, 15) is 14.4 Å². The zero-order valence-corrected chi connectivity index (χ0v) is 10.8. The molecule has 106 valence electrons. The molecule has 3 amide bonds. The summed E-state index contributed by atoms with van der Waals surface area (Å²) in [5.41, 5.74) is 0. The minimum absolute atomic E-state index is 0.0312. The number of amides is 3. The van der Waals surface area contributed by atoms with Gasteiger partial charge >= 0.3 is 11.8 Å². The topological polar surface area (TPSA) is 79.0 Å². The summed E-state index contributed by atoms with van der Waals surface area (Å²) < 4.78 is 5.37. The maximum Gasteiger partial charge on any atom is 0.312 e. The van der Waals surface area contributed by atoms with Crippen molar-refractivity contribution >= 4 is 18.2 Å². The molecule has 2 saturated heterocycles. The lowest BCUT2D eigenvalue weighted by Crippen LogP contribution is -2.52. The Kier molecular flexibility index (Phi) is 4.73. The summed E-state index contributed by atoms with van der Waals surface area (Å²) in [4.78, 5) is 37.2. The lowest BCUT2D eigenvalue weighted by Gasteiger charge is -2.32. The molecule has 0 radical (unpaired) electrons. The highest BCUT2D eigenvalue weighted by Crippen LogP contribution is 2.10. The van der Waals surface area contributed by atoms with Crippen LogP contribution in [0.2, 0.25) is 0 Å². The average molecular weight is 269 g/mol. The second-order valence-corrected chi connectivity index (χ2v) is 4.78. The van der Waals surface area contributed by atoms with E-state index in [1.807, 2.05) is 0 Å². The van der Waals surface area contributed by atoms with Gasteiger partial charge in [0, 0.05) is 39.3 Å². The molecule has 7 heteroatoms. The Hall–Kier alpha value is -1.63. The summed E-state index contributed by atoms with van der Waals surface area (Å²) in [7, 11) is 0. The van der Waals surface area contributed by atoms with Crippen LogP contribution < -0.4 is 5.32 Å². The fraction of sp³-hybridized carbons (Fsp3) is 0.750. The SMILES string of the molecule is O=CN1CCN(C(=O)C(=O)NCC2CCCO2)CC1. The van der Waals surface area contributed by atoms with Crippen LogP contribution in [0.15, 0.2) is 0 Å². The van der Waals surface area contributed by atoms with E-state index in [1.54, 1.807) is 4.90 Å². The number of hydrogen-bond acceptors (Lipinski definition) is 4. The van der Waals surface area contributed by atoms with Gasteiger partial charge < -0.3 is 19.9 Å². The Morgan fingerprint density at radius 2 is 2.00 bits per heavy atom. The van der Waals surface area contributed by atoms with Gasteiger partial charge in [-0.15, -0.1) is 0 Å². The van der Waals surface area contributed by atoms with Crippen LogP contribution in [0.25, 0.3) is 0 Å². The van der Waals surface area contributed by atoms with Crippen LogP contribution >= 0.6 is 0 Å². The highest BCUT2D eigenvalue weighted by atomic mass is 16.5. The monoisotopic (exact) mass is 269 g/mol. The molecule has 2 aliphatic rings. The first-order chi connectivity index (χ1) is 9.20. The number of ether oxygens (including phenoxy) is 1. The number of piperazine rings is 1. The van der Waals surface area contributed by atoms with Crippen LogP contribution in [0.4, 0.5) is 0 Å². The summed E-state index contributed by atoms with van der Waals surface area (Å²) in [5.74, 6) is -1.11. The van der Waals surface area contributed by atoms with E-state index < -0.39 is 11.8 Å². The molecule has 2 rings (SSSR count). The maximum atomic E-state index is 11.9. The van der Waals surface area contributed by atoms with Crippen LogP contribution in [-0.4, -0.2) is 73.5 Å². The lowest BCUT2D eigenvalue weighted by molar-refractivity contribution is -0.147. The standard InChI is InChI=1S/C12H19N3O4/c16-9-14-3-5-15(6-4-14)12(18)11(17)13-8-10-2-1-7-19-10/h9-10H,1-8H2,(H,13,17). The second kappa shape index (κ2) is 6.51. The smallest absolute Gasteiger partial charge is 0.312 e. The van der Waals surface area contributed by atoms with Crippen molar-refractivity contribution in [2.24, 2.45) is 0 Å². The van der Waals surface area contributed by atoms with Gasteiger partial charge in [-0.05, 0) is 12.8 Å². The third-order valence-electron chi connectivity index (χ3n) is 3.46. The zero-order valence-electron chi connectivity index (χ0n) is 10.8. The van der Waals surface area contributed by atoms with Crippen molar-refractivity contribution in [1.29, 1.82) is 0 Å². The van der Waals surface area contributed by atoms with E-state index in [1.165, 1.54) is 4.90 Å². The minimum Gasteiger partial charge on any atom is -0.376 e. The lowest BCUT2D eigenvalue weighted by atomic mass is 10.2. The highest BCUT2D eigenvalue weighted by molar-refractivity contribution is 6.35. The van der Waals surface area contributed by atoms with Crippen LogP contribution in [0.5, 0.6) is 0 Å². The van der Waals surface area contributed by atoms with E-state index in [2.05, 4.69) is 5.32 Å². The third-order valence-corrected chi connectivity index (χ3v) is 3.46. The Labute approximate surface area is 111 Å². The summed E-state index contributed by atoms with van der Waals surface area (Å²) >= 11 is 0. The van der Waals surface area contributed by atoms with Crippen LogP contribution in [0.3, 0.4) is 0 Å². The number of nitrogens with one attached hydrogen (secondary N) is 1. The highest BCUT2D eigenvalue weighted by Gasteiger charge is 2.26. The van der Waals surface area contributed by atoms with Crippen molar-refractivity contribution < 1.29 is 19.1 Å². The van der Waals surface area contributed by atoms with Gasteiger partial charge in [0.05, 0.1) is 6.10 Å². The van der Waals surface area contributed by atoms with Gasteiger partial charge in [0.15, 0.2) is 0 Å². The number of nitrogens with zero attached hydrogens (tertiary/aromatic N) is 2. The quantitative estimate of drug-likeness (QED) is 0.504. The third kappa shape index (κ3) is 3.66. The maximum absolute atomic E-state index is 11.9. The van der Waals surface area contributed by atoms with Gasteiger partial charge in [-0.1, -0.05) is 0 Å². The molecule has 0 aromatic heterocycles. The average Bonchev–Trinajstić information content (AvgIpc) is 2.97. The molecule has 7 nitrogen and oxygen atoms in total. The van der Waals surface area contributed by atoms with Crippen LogP contribution in [0.1, 0.15) is 12.8 Å². The molecule has 0 spiro atoms. The largest absolute Gasteiger partial charge is 0.376 e. The van der Waals surface area contributed by atoms with E-state index in [0.717, 1.165) is 25.9 Å². The predicted octanol–water partition coefficient (Wildman–Crippen LogP) is -1.42. The molecule has 0 bridgehead atoms. The molecular weight excluding hydrogens is 250 g/mol.